The van der Waals surface area contributed by atoms with Crippen molar-refractivity contribution in [1.82, 2.24) is 14.8 Å². The first-order chi connectivity index (χ1) is 16.0. The zero-order chi connectivity index (χ0) is 23.2. The fourth-order valence-corrected chi connectivity index (χ4v) is 4.21. The topological polar surface area (TPSA) is 69.0 Å². The Bertz CT molecular complexity index is 1250. The maximum absolute atomic E-state index is 12.6. The van der Waals surface area contributed by atoms with Crippen LogP contribution in [-0.4, -0.2) is 26.4 Å². The number of nitrogens with zero attached hydrogens (tertiary/aromatic N) is 3. The zero-order valence-corrected chi connectivity index (χ0v) is 19.8. The van der Waals surface area contributed by atoms with Gasteiger partial charge in [-0.15, -0.1) is 10.2 Å². The standard InChI is InChI=1S/C25H23ClN4O2S/c1-17-10-6-8-14-21(17)27-23(31)16-33-25-29-28-24(30(25)19-11-4-3-5-12-19)18(2)32-22-15-9-7-13-20(22)26/h3-15,18H,16H2,1-2H3,(H,27,31). The zero-order valence-electron chi connectivity index (χ0n) is 18.2. The van der Waals surface area contributed by atoms with Crippen molar-refractivity contribution >= 4 is 35.0 Å². The lowest BCUT2D eigenvalue weighted by Crippen LogP contribution is -2.16. The van der Waals surface area contributed by atoms with Crippen LogP contribution in [0, 0.1) is 6.92 Å². The Hall–Kier alpha value is -3.29. The number of aryl methyl sites for hydroxylation is 1. The molecular formula is C25H23ClN4O2S. The molecule has 168 valence electrons. The third kappa shape index (κ3) is 5.56. The molecule has 1 amide bonds. The van der Waals surface area contributed by atoms with Gasteiger partial charge in [0, 0.05) is 11.4 Å². The normalized spacial score (nSPS) is 11.7. The molecule has 0 aliphatic carbocycles. The first kappa shape index (κ1) is 22.9. The van der Waals surface area contributed by atoms with Gasteiger partial charge in [-0.3, -0.25) is 9.36 Å². The Morgan fingerprint density at radius 2 is 1.73 bits per heavy atom. The van der Waals surface area contributed by atoms with Crippen LogP contribution in [-0.2, 0) is 4.79 Å². The molecule has 1 atom stereocenters. The van der Waals surface area contributed by atoms with Crippen LogP contribution < -0.4 is 10.1 Å². The van der Waals surface area contributed by atoms with Gasteiger partial charge in [0.1, 0.15) is 5.75 Å². The number of amides is 1. The molecule has 0 aliphatic heterocycles. The largest absolute Gasteiger partial charge is 0.481 e. The number of thioether (sulfide) groups is 1. The number of hydrogen-bond acceptors (Lipinski definition) is 5. The second-order valence-corrected chi connectivity index (χ2v) is 8.70. The van der Waals surface area contributed by atoms with Gasteiger partial charge in [-0.25, -0.2) is 0 Å². The second-order valence-electron chi connectivity index (χ2n) is 7.35. The van der Waals surface area contributed by atoms with Crippen LogP contribution in [0.4, 0.5) is 5.69 Å². The van der Waals surface area contributed by atoms with Crippen LogP contribution in [0.1, 0.15) is 24.4 Å². The highest BCUT2D eigenvalue weighted by atomic mass is 35.5. The number of ether oxygens (including phenoxy) is 1. The number of aromatic nitrogens is 3. The van der Waals surface area contributed by atoms with Crippen molar-refractivity contribution in [2.75, 3.05) is 11.1 Å². The summed E-state index contributed by atoms with van der Waals surface area (Å²) in [5.41, 5.74) is 2.69. The minimum atomic E-state index is -0.423. The van der Waals surface area contributed by atoms with Gasteiger partial charge in [0.2, 0.25) is 5.91 Å². The molecule has 6 nitrogen and oxygen atoms in total. The Morgan fingerprint density at radius 1 is 1.03 bits per heavy atom. The summed E-state index contributed by atoms with van der Waals surface area (Å²) in [5, 5.41) is 12.8. The van der Waals surface area contributed by atoms with E-state index in [4.69, 9.17) is 16.3 Å². The molecule has 33 heavy (non-hydrogen) atoms. The quantitative estimate of drug-likeness (QED) is 0.310. The number of rotatable bonds is 8. The summed E-state index contributed by atoms with van der Waals surface area (Å²) < 4.78 is 7.99. The van der Waals surface area contributed by atoms with E-state index in [0.717, 1.165) is 16.9 Å². The van der Waals surface area contributed by atoms with Gasteiger partial charge in [-0.05, 0) is 49.7 Å². The van der Waals surface area contributed by atoms with Crippen LogP contribution in [0.25, 0.3) is 5.69 Å². The summed E-state index contributed by atoms with van der Waals surface area (Å²) >= 11 is 7.58. The summed E-state index contributed by atoms with van der Waals surface area (Å²) in [6.07, 6.45) is -0.423. The van der Waals surface area contributed by atoms with Crippen LogP contribution in [0.3, 0.4) is 0 Å². The highest BCUT2D eigenvalue weighted by Crippen LogP contribution is 2.31. The number of carbonyl (C=O) groups is 1. The molecular weight excluding hydrogens is 456 g/mol. The molecule has 0 spiro atoms. The van der Waals surface area contributed by atoms with Gasteiger partial charge in [0.25, 0.3) is 0 Å². The van der Waals surface area contributed by atoms with Gasteiger partial charge in [0.05, 0.1) is 10.8 Å². The number of nitrogens with one attached hydrogen (secondary N) is 1. The number of anilines is 1. The predicted octanol–water partition coefficient (Wildman–Crippen LogP) is 6.10. The van der Waals surface area contributed by atoms with E-state index in [9.17, 15) is 4.79 Å². The van der Waals surface area contributed by atoms with Crippen LogP contribution in [0.2, 0.25) is 5.02 Å². The average molecular weight is 479 g/mol. The summed E-state index contributed by atoms with van der Waals surface area (Å²) in [6, 6.07) is 24.7. The van der Waals surface area contributed by atoms with Crippen molar-refractivity contribution in [3.05, 3.63) is 95.3 Å². The molecule has 1 unspecified atom stereocenters. The Kier molecular flexibility index (Phi) is 7.32. The smallest absolute Gasteiger partial charge is 0.234 e. The lowest BCUT2D eigenvalue weighted by molar-refractivity contribution is -0.113. The Balaban J connectivity index is 1.56. The molecule has 0 saturated carbocycles. The molecule has 0 fully saturated rings. The second kappa shape index (κ2) is 10.6. The highest BCUT2D eigenvalue weighted by molar-refractivity contribution is 7.99. The highest BCUT2D eigenvalue weighted by Gasteiger charge is 2.22. The van der Waals surface area contributed by atoms with E-state index in [2.05, 4.69) is 15.5 Å². The molecule has 3 aromatic carbocycles. The van der Waals surface area contributed by atoms with E-state index in [0.29, 0.717) is 21.8 Å². The number of hydrogen-bond donors (Lipinski definition) is 1. The number of benzene rings is 3. The average Bonchev–Trinajstić information content (AvgIpc) is 3.25. The van der Waals surface area contributed by atoms with E-state index in [-0.39, 0.29) is 11.7 Å². The van der Waals surface area contributed by atoms with Gasteiger partial charge < -0.3 is 10.1 Å². The Labute approximate surface area is 202 Å². The van der Waals surface area contributed by atoms with Gasteiger partial charge in [-0.1, -0.05) is 71.9 Å². The molecule has 4 aromatic rings. The molecule has 1 N–H and O–H groups in total. The van der Waals surface area contributed by atoms with Gasteiger partial charge in [0.15, 0.2) is 17.1 Å². The molecule has 0 radical (unpaired) electrons. The molecule has 8 heteroatoms. The summed E-state index contributed by atoms with van der Waals surface area (Å²) in [4.78, 5) is 12.6. The van der Waals surface area contributed by atoms with Crippen LogP contribution >= 0.6 is 23.4 Å². The van der Waals surface area contributed by atoms with E-state index in [1.54, 1.807) is 6.07 Å². The van der Waals surface area contributed by atoms with Crippen LogP contribution in [0.5, 0.6) is 5.75 Å². The lowest BCUT2D eigenvalue weighted by atomic mass is 10.2. The number of para-hydroxylation sites is 3. The molecule has 4 rings (SSSR count). The first-order valence-corrected chi connectivity index (χ1v) is 11.8. The molecule has 0 saturated heterocycles. The first-order valence-electron chi connectivity index (χ1n) is 10.4. The Morgan fingerprint density at radius 3 is 2.48 bits per heavy atom. The summed E-state index contributed by atoms with van der Waals surface area (Å²) in [6.45, 7) is 3.85. The van der Waals surface area contributed by atoms with E-state index in [1.807, 2.05) is 91.2 Å². The monoisotopic (exact) mass is 478 g/mol. The van der Waals surface area contributed by atoms with Crippen molar-refractivity contribution < 1.29 is 9.53 Å². The minimum Gasteiger partial charge on any atom is -0.481 e. The lowest BCUT2D eigenvalue weighted by Gasteiger charge is -2.17. The van der Waals surface area contributed by atoms with Crippen molar-refractivity contribution in [3.8, 4) is 11.4 Å². The van der Waals surface area contributed by atoms with Gasteiger partial charge >= 0.3 is 0 Å². The minimum absolute atomic E-state index is 0.112. The fraction of sp³-hybridized carbons (Fsp3) is 0.160. The maximum atomic E-state index is 12.6. The molecule has 0 aliphatic rings. The van der Waals surface area contributed by atoms with Gasteiger partial charge in [-0.2, -0.15) is 0 Å². The van der Waals surface area contributed by atoms with E-state index in [1.165, 1.54) is 11.8 Å². The maximum Gasteiger partial charge on any atom is 0.234 e. The van der Waals surface area contributed by atoms with E-state index >= 15 is 0 Å². The fourth-order valence-electron chi connectivity index (χ4n) is 3.27. The number of halogens is 1. The number of carbonyl (C=O) groups excluding carboxylic acids is 1. The summed E-state index contributed by atoms with van der Waals surface area (Å²) in [5.74, 6) is 1.27. The summed E-state index contributed by atoms with van der Waals surface area (Å²) in [7, 11) is 0. The van der Waals surface area contributed by atoms with Crippen LogP contribution in [0.15, 0.2) is 84.0 Å². The van der Waals surface area contributed by atoms with Crippen molar-refractivity contribution in [2.45, 2.75) is 25.1 Å². The SMILES string of the molecule is Cc1ccccc1NC(=O)CSc1nnc(C(C)Oc2ccccc2Cl)n1-c1ccccc1. The van der Waals surface area contributed by atoms with Crippen molar-refractivity contribution in [3.63, 3.8) is 0 Å². The molecule has 1 aromatic heterocycles. The van der Waals surface area contributed by atoms with Crippen molar-refractivity contribution in [1.29, 1.82) is 0 Å². The third-order valence-corrected chi connectivity index (χ3v) is 6.17. The van der Waals surface area contributed by atoms with E-state index < -0.39 is 6.10 Å². The molecule has 1 heterocycles. The predicted molar refractivity (Wildman–Crippen MR) is 132 cm³/mol. The third-order valence-electron chi connectivity index (χ3n) is 4.93. The van der Waals surface area contributed by atoms with Crippen molar-refractivity contribution in [2.24, 2.45) is 0 Å². The molecule has 0 bridgehead atoms.